The Balaban J connectivity index is 1.74. The van der Waals surface area contributed by atoms with Crippen LogP contribution in [0.15, 0.2) is 52.9 Å². The molecule has 0 spiro atoms. The molecule has 7 nitrogen and oxygen atoms in total. The van der Waals surface area contributed by atoms with Crippen LogP contribution in [0.1, 0.15) is 20.7 Å². The van der Waals surface area contributed by atoms with E-state index < -0.39 is 11.9 Å². The molecule has 0 saturated heterocycles. The zero-order valence-electron chi connectivity index (χ0n) is 13.0. The van der Waals surface area contributed by atoms with E-state index in [1.807, 2.05) is 0 Å². The first-order valence-corrected chi connectivity index (χ1v) is 7.54. The molecule has 0 aliphatic rings. The molecule has 0 bridgehead atoms. The molecule has 0 aliphatic carbocycles. The summed E-state index contributed by atoms with van der Waals surface area (Å²) >= 11 is 6.07. The Labute approximate surface area is 147 Å². The minimum Gasteiger partial charge on any atom is -0.465 e. The molecule has 1 N–H and O–H groups in total. The molecule has 1 amide bonds. The zero-order chi connectivity index (χ0) is 17.8. The van der Waals surface area contributed by atoms with Crippen molar-refractivity contribution in [2.45, 2.75) is 0 Å². The van der Waals surface area contributed by atoms with E-state index in [2.05, 4.69) is 20.3 Å². The Kier molecular flexibility index (Phi) is 4.76. The summed E-state index contributed by atoms with van der Waals surface area (Å²) in [6, 6.07) is 12.9. The number of rotatable bonds is 4. The lowest BCUT2D eigenvalue weighted by Gasteiger charge is -2.02. The van der Waals surface area contributed by atoms with Crippen LogP contribution in [0.5, 0.6) is 0 Å². The number of methoxy groups -OCH3 is 1. The molecule has 0 fully saturated rings. The maximum atomic E-state index is 12.2. The van der Waals surface area contributed by atoms with Crippen molar-refractivity contribution >= 4 is 29.5 Å². The molecule has 25 heavy (non-hydrogen) atoms. The highest BCUT2D eigenvalue weighted by Crippen LogP contribution is 2.27. The van der Waals surface area contributed by atoms with Crippen LogP contribution in [0, 0.1) is 0 Å². The van der Waals surface area contributed by atoms with Crippen molar-refractivity contribution in [2.75, 3.05) is 12.4 Å². The van der Waals surface area contributed by atoms with Gasteiger partial charge in [-0.05, 0) is 36.4 Å². The quantitative estimate of drug-likeness (QED) is 0.719. The number of esters is 1. The van der Waals surface area contributed by atoms with E-state index in [1.165, 1.54) is 31.4 Å². The minimum atomic E-state index is -0.478. The van der Waals surface area contributed by atoms with Gasteiger partial charge in [-0.1, -0.05) is 28.8 Å². The molecule has 1 heterocycles. The number of nitrogens with one attached hydrogen (secondary N) is 1. The lowest BCUT2D eigenvalue weighted by Crippen LogP contribution is -2.12. The fraction of sp³-hybridized carbons (Fsp3) is 0.0588. The van der Waals surface area contributed by atoms with Crippen LogP contribution in [0.4, 0.5) is 6.01 Å². The van der Waals surface area contributed by atoms with Crippen molar-refractivity contribution in [1.29, 1.82) is 0 Å². The van der Waals surface area contributed by atoms with Crippen molar-refractivity contribution in [2.24, 2.45) is 0 Å². The molecule has 126 valence electrons. The number of hydrogen-bond acceptors (Lipinski definition) is 6. The Hall–Kier alpha value is -3.19. The molecule has 0 atom stereocenters. The molecule has 3 aromatic rings. The number of benzene rings is 2. The van der Waals surface area contributed by atoms with Gasteiger partial charge < -0.3 is 9.15 Å². The highest BCUT2D eigenvalue weighted by atomic mass is 35.5. The van der Waals surface area contributed by atoms with Crippen LogP contribution in [0.2, 0.25) is 5.02 Å². The smallest absolute Gasteiger partial charge is 0.337 e. The van der Waals surface area contributed by atoms with Crippen molar-refractivity contribution in [1.82, 2.24) is 10.2 Å². The van der Waals surface area contributed by atoms with Crippen LogP contribution in [0.25, 0.3) is 11.5 Å². The SMILES string of the molecule is COC(=O)c1ccc(C(=O)Nc2nnc(-c3ccccc3Cl)o2)cc1. The standard InChI is InChI=1S/C17H12ClN3O4/c1-24-16(23)11-8-6-10(7-9-11)14(22)19-17-21-20-15(25-17)12-4-2-3-5-13(12)18/h2-9H,1H3,(H,19,21,22). The fourth-order valence-electron chi connectivity index (χ4n) is 2.06. The average molecular weight is 358 g/mol. The molecule has 8 heteroatoms. The van der Waals surface area contributed by atoms with E-state index in [-0.39, 0.29) is 11.9 Å². The van der Waals surface area contributed by atoms with Crippen molar-refractivity contribution < 1.29 is 18.7 Å². The number of carbonyl (C=O) groups is 2. The normalized spacial score (nSPS) is 10.3. The van der Waals surface area contributed by atoms with Gasteiger partial charge in [0.2, 0.25) is 0 Å². The number of halogens is 1. The predicted octanol–water partition coefficient (Wildman–Crippen LogP) is 3.43. The number of ether oxygens (including phenoxy) is 1. The summed E-state index contributed by atoms with van der Waals surface area (Å²) in [4.78, 5) is 23.6. The van der Waals surface area contributed by atoms with Crippen molar-refractivity contribution in [3.63, 3.8) is 0 Å². The molecule has 0 radical (unpaired) electrons. The summed E-state index contributed by atoms with van der Waals surface area (Å²) in [7, 11) is 1.29. The number of carbonyl (C=O) groups excluding carboxylic acids is 2. The topological polar surface area (TPSA) is 94.3 Å². The third-order valence-corrected chi connectivity index (χ3v) is 3.65. The largest absolute Gasteiger partial charge is 0.465 e. The van der Waals surface area contributed by atoms with Gasteiger partial charge in [-0.15, -0.1) is 5.10 Å². The number of nitrogens with zero attached hydrogens (tertiary/aromatic N) is 2. The second-order valence-electron chi connectivity index (χ2n) is 4.92. The maximum Gasteiger partial charge on any atom is 0.337 e. The second kappa shape index (κ2) is 7.14. The van der Waals surface area contributed by atoms with Gasteiger partial charge in [0.15, 0.2) is 0 Å². The molecule has 0 unspecified atom stereocenters. The summed E-state index contributed by atoms with van der Waals surface area (Å²) in [6.45, 7) is 0. The first-order valence-electron chi connectivity index (χ1n) is 7.16. The molecule has 3 rings (SSSR count). The minimum absolute atomic E-state index is 0.0584. The van der Waals surface area contributed by atoms with Crippen molar-refractivity contribution in [3.8, 4) is 11.5 Å². The summed E-state index contributed by atoms with van der Waals surface area (Å²) in [5.41, 5.74) is 1.24. The summed E-state index contributed by atoms with van der Waals surface area (Å²) in [6.07, 6.45) is 0. The number of hydrogen-bond donors (Lipinski definition) is 1. The summed E-state index contributed by atoms with van der Waals surface area (Å²) in [5.74, 6) is -0.735. The van der Waals surface area contributed by atoms with Gasteiger partial charge in [0.25, 0.3) is 11.8 Å². The lowest BCUT2D eigenvalue weighted by atomic mass is 10.1. The Morgan fingerprint density at radius 3 is 2.40 bits per heavy atom. The van der Waals surface area contributed by atoms with Crippen LogP contribution in [-0.4, -0.2) is 29.2 Å². The second-order valence-corrected chi connectivity index (χ2v) is 5.32. The van der Waals surface area contributed by atoms with Crippen LogP contribution in [0.3, 0.4) is 0 Å². The molecule has 2 aromatic carbocycles. The number of amides is 1. The van der Waals surface area contributed by atoms with Gasteiger partial charge >= 0.3 is 12.0 Å². The third kappa shape index (κ3) is 3.67. The number of aromatic nitrogens is 2. The third-order valence-electron chi connectivity index (χ3n) is 3.32. The lowest BCUT2D eigenvalue weighted by molar-refractivity contribution is 0.0600. The molecule has 0 saturated carbocycles. The van der Waals surface area contributed by atoms with E-state index in [9.17, 15) is 9.59 Å². The fourth-order valence-corrected chi connectivity index (χ4v) is 2.28. The van der Waals surface area contributed by atoms with Gasteiger partial charge in [0, 0.05) is 5.56 Å². The molecule has 0 aliphatic heterocycles. The molecular formula is C17H12ClN3O4. The van der Waals surface area contributed by atoms with E-state index in [0.717, 1.165) is 0 Å². The monoisotopic (exact) mass is 357 g/mol. The number of anilines is 1. The summed E-state index contributed by atoms with van der Waals surface area (Å²) in [5, 5.41) is 10.6. The van der Waals surface area contributed by atoms with E-state index in [4.69, 9.17) is 16.0 Å². The molecular weight excluding hydrogens is 346 g/mol. The first kappa shape index (κ1) is 16.7. The van der Waals surface area contributed by atoms with Gasteiger partial charge in [0.1, 0.15) is 0 Å². The summed E-state index contributed by atoms with van der Waals surface area (Å²) < 4.78 is 10.0. The van der Waals surface area contributed by atoms with E-state index in [0.29, 0.717) is 21.7 Å². The van der Waals surface area contributed by atoms with Gasteiger partial charge in [-0.2, -0.15) is 0 Å². The zero-order valence-corrected chi connectivity index (χ0v) is 13.8. The van der Waals surface area contributed by atoms with E-state index in [1.54, 1.807) is 24.3 Å². The van der Waals surface area contributed by atoms with Crippen LogP contribution in [-0.2, 0) is 4.74 Å². The Bertz CT molecular complexity index is 922. The van der Waals surface area contributed by atoms with Crippen LogP contribution >= 0.6 is 11.6 Å². The highest BCUT2D eigenvalue weighted by molar-refractivity contribution is 6.33. The van der Waals surface area contributed by atoms with Gasteiger partial charge in [-0.25, -0.2) is 4.79 Å². The maximum absolute atomic E-state index is 12.2. The Morgan fingerprint density at radius 2 is 1.72 bits per heavy atom. The first-order chi connectivity index (χ1) is 12.1. The predicted molar refractivity (Wildman–Crippen MR) is 90.5 cm³/mol. The highest BCUT2D eigenvalue weighted by Gasteiger charge is 2.15. The van der Waals surface area contributed by atoms with Gasteiger partial charge in [-0.3, -0.25) is 10.1 Å². The average Bonchev–Trinajstić information content (AvgIpc) is 3.09. The molecule has 1 aromatic heterocycles. The van der Waals surface area contributed by atoms with E-state index >= 15 is 0 Å². The van der Waals surface area contributed by atoms with Gasteiger partial charge in [0.05, 0.1) is 23.3 Å². The van der Waals surface area contributed by atoms with Crippen molar-refractivity contribution in [3.05, 3.63) is 64.7 Å². The van der Waals surface area contributed by atoms with Crippen LogP contribution < -0.4 is 5.32 Å². The Morgan fingerprint density at radius 1 is 1.04 bits per heavy atom.